The van der Waals surface area contributed by atoms with E-state index in [1.807, 2.05) is 62.6 Å². The van der Waals surface area contributed by atoms with Gasteiger partial charge in [0, 0.05) is 46.3 Å². The molecule has 62 heavy (non-hydrogen) atoms. The molecule has 7 aromatic rings. The third-order valence-electron chi connectivity index (χ3n) is 12.3. The summed E-state index contributed by atoms with van der Waals surface area (Å²) in [5, 5.41) is 27.5. The minimum Gasteiger partial charge on any atom is -0.445 e. The SMILES string of the molecule is Cc1cnc(N[C@@H]2CCC[C@](C)(N)C2)nc1-c1[nH]nc2c(C)cccc12.Cc1cnc(N[C@@H]2CCC[C@](C)(NC(=O)OCc3ccccc3)C2)nc1-c1[nH]nc2c(C)cccc12. The fourth-order valence-corrected chi connectivity index (χ4v) is 8.99. The van der Waals surface area contributed by atoms with Crippen LogP contribution >= 0.6 is 0 Å². The van der Waals surface area contributed by atoms with E-state index in [0.29, 0.717) is 17.9 Å². The zero-order valence-electron chi connectivity index (χ0n) is 36.6. The molecule has 0 unspecified atom stereocenters. The Morgan fingerprint density at radius 3 is 1.79 bits per heavy atom. The number of alkyl carbamates (subject to hydrolysis) is 1. The normalized spacial score (nSPS) is 21.2. The Hall–Kier alpha value is -6.41. The number of benzene rings is 3. The van der Waals surface area contributed by atoms with Gasteiger partial charge in [0.1, 0.15) is 6.61 Å². The van der Waals surface area contributed by atoms with Gasteiger partial charge in [0.15, 0.2) is 0 Å². The standard InChI is InChI=1S/C28H32N6O2.C20H26N6/c1-18-9-7-13-22-23(18)33-34-25(22)24-19(2)16-29-26(31-24)30-21-12-8-14-28(3,15-21)32-27(35)36-17-20-10-5-4-6-11-20;1-12-6-4-8-15-16(12)25-26-18(15)17-13(2)11-22-19(24-17)23-14-7-5-9-20(3,21)10-14/h4-7,9-11,13,16,21H,8,12,14-15,17H2,1-3H3,(H,32,35)(H,33,34)(H,29,30,31);4,6,8,11,14H,5,7,9-10,21H2,1-3H3,(H,25,26)(H,22,23,24)/t21-,28+;14-,20+/m11/s1. The van der Waals surface area contributed by atoms with Crippen molar-refractivity contribution in [3.63, 3.8) is 0 Å². The Bertz CT molecular complexity index is 2670. The average molecular weight is 835 g/mol. The van der Waals surface area contributed by atoms with Crippen molar-refractivity contribution in [1.82, 2.24) is 45.6 Å². The zero-order chi connectivity index (χ0) is 43.4. The van der Waals surface area contributed by atoms with E-state index in [0.717, 1.165) is 124 Å². The molecule has 14 heteroatoms. The van der Waals surface area contributed by atoms with E-state index in [2.05, 4.69) is 104 Å². The predicted molar refractivity (Wildman–Crippen MR) is 246 cm³/mol. The van der Waals surface area contributed by atoms with Gasteiger partial charge in [-0.15, -0.1) is 0 Å². The third kappa shape index (κ3) is 9.70. The number of nitrogens with zero attached hydrogens (tertiary/aromatic N) is 6. The average Bonchev–Trinajstić information content (AvgIpc) is 3.88. The Morgan fingerprint density at radius 1 is 0.710 bits per heavy atom. The number of aryl methyl sites for hydroxylation is 4. The number of para-hydroxylation sites is 2. The Morgan fingerprint density at radius 2 is 1.24 bits per heavy atom. The molecule has 3 aromatic carbocycles. The summed E-state index contributed by atoms with van der Waals surface area (Å²) in [5.41, 5.74) is 16.6. The first-order valence-electron chi connectivity index (χ1n) is 21.7. The van der Waals surface area contributed by atoms with Crippen LogP contribution in [0.3, 0.4) is 0 Å². The number of aromatic nitrogens is 8. The molecule has 1 amide bonds. The maximum absolute atomic E-state index is 12.5. The summed E-state index contributed by atoms with van der Waals surface area (Å²) in [6.45, 7) is 12.6. The van der Waals surface area contributed by atoms with Gasteiger partial charge in [-0.2, -0.15) is 10.2 Å². The van der Waals surface area contributed by atoms with Gasteiger partial charge in [0.25, 0.3) is 0 Å². The minimum atomic E-state index is -0.391. The van der Waals surface area contributed by atoms with Gasteiger partial charge in [0.05, 0.1) is 33.8 Å². The highest BCUT2D eigenvalue weighted by atomic mass is 16.5. The molecule has 4 atom stereocenters. The van der Waals surface area contributed by atoms with Gasteiger partial charge < -0.3 is 26.4 Å². The van der Waals surface area contributed by atoms with E-state index in [4.69, 9.17) is 20.4 Å². The molecular weight excluding hydrogens is 777 g/mol. The molecule has 2 aliphatic rings. The fraction of sp³-hybridized carbons (Fsp3) is 0.396. The lowest BCUT2D eigenvalue weighted by Gasteiger charge is -2.38. The Labute approximate surface area is 362 Å². The van der Waals surface area contributed by atoms with E-state index in [1.165, 1.54) is 0 Å². The lowest BCUT2D eigenvalue weighted by Crippen LogP contribution is -2.51. The molecule has 0 spiro atoms. The highest BCUT2D eigenvalue weighted by molar-refractivity contribution is 5.95. The number of aromatic amines is 2. The van der Waals surface area contributed by atoms with Gasteiger partial charge in [-0.1, -0.05) is 66.7 Å². The first kappa shape index (κ1) is 42.3. The van der Waals surface area contributed by atoms with Gasteiger partial charge in [0.2, 0.25) is 11.9 Å². The summed E-state index contributed by atoms with van der Waals surface area (Å²) in [6, 6.07) is 22.5. The highest BCUT2D eigenvalue weighted by Gasteiger charge is 2.35. The molecule has 2 fully saturated rings. The summed E-state index contributed by atoms with van der Waals surface area (Å²) in [6.07, 6.45) is 11.2. The highest BCUT2D eigenvalue weighted by Crippen LogP contribution is 2.33. The van der Waals surface area contributed by atoms with E-state index in [9.17, 15) is 4.79 Å². The molecule has 9 rings (SSSR count). The van der Waals surface area contributed by atoms with Crippen molar-refractivity contribution in [2.45, 2.75) is 123 Å². The molecule has 322 valence electrons. The van der Waals surface area contributed by atoms with Crippen molar-refractivity contribution >= 4 is 39.8 Å². The molecule has 0 saturated heterocycles. The summed E-state index contributed by atoms with van der Waals surface area (Å²) >= 11 is 0. The molecular formula is C48H58N12O2. The number of hydrogen-bond donors (Lipinski definition) is 6. The number of rotatable bonds is 9. The van der Waals surface area contributed by atoms with Crippen molar-refractivity contribution in [2.24, 2.45) is 5.73 Å². The lowest BCUT2D eigenvalue weighted by molar-refractivity contribution is 0.120. The van der Waals surface area contributed by atoms with Crippen LogP contribution in [0.4, 0.5) is 16.7 Å². The van der Waals surface area contributed by atoms with Crippen LogP contribution in [0.15, 0.2) is 79.1 Å². The largest absolute Gasteiger partial charge is 0.445 e. The lowest BCUT2D eigenvalue weighted by atomic mass is 9.80. The first-order chi connectivity index (χ1) is 29.8. The van der Waals surface area contributed by atoms with Crippen molar-refractivity contribution in [3.05, 3.63) is 107 Å². The predicted octanol–water partition coefficient (Wildman–Crippen LogP) is 9.38. The van der Waals surface area contributed by atoms with Crippen LogP contribution in [0.5, 0.6) is 0 Å². The van der Waals surface area contributed by atoms with E-state index >= 15 is 0 Å². The second-order valence-corrected chi connectivity index (χ2v) is 17.9. The summed E-state index contributed by atoms with van der Waals surface area (Å²) in [5.74, 6) is 1.23. The van der Waals surface area contributed by atoms with Crippen LogP contribution in [0.25, 0.3) is 44.6 Å². The van der Waals surface area contributed by atoms with Gasteiger partial charge in [-0.05, 0) is 121 Å². The molecule has 14 nitrogen and oxygen atoms in total. The second kappa shape index (κ2) is 17.9. The minimum absolute atomic E-state index is 0.111. The van der Waals surface area contributed by atoms with Crippen LogP contribution in [0.1, 0.15) is 93.0 Å². The maximum atomic E-state index is 12.5. The number of hydrogen-bond acceptors (Lipinski definition) is 11. The van der Waals surface area contributed by atoms with Gasteiger partial charge >= 0.3 is 6.09 Å². The van der Waals surface area contributed by atoms with Crippen molar-refractivity contribution in [3.8, 4) is 22.8 Å². The zero-order valence-corrected chi connectivity index (χ0v) is 36.6. The number of H-pyrrole nitrogens is 2. The van der Waals surface area contributed by atoms with Crippen molar-refractivity contribution in [2.75, 3.05) is 10.6 Å². The van der Waals surface area contributed by atoms with Crippen LogP contribution in [-0.2, 0) is 11.3 Å². The van der Waals surface area contributed by atoms with Gasteiger partial charge in [-0.25, -0.2) is 24.7 Å². The fourth-order valence-electron chi connectivity index (χ4n) is 8.99. The summed E-state index contributed by atoms with van der Waals surface area (Å²) < 4.78 is 5.46. The van der Waals surface area contributed by atoms with Gasteiger partial charge in [-0.3, -0.25) is 10.2 Å². The number of nitrogens with one attached hydrogen (secondary N) is 5. The number of carbonyl (C=O) groups excluding carboxylic acids is 1. The monoisotopic (exact) mass is 834 g/mol. The molecule has 0 aliphatic heterocycles. The Kier molecular flexibility index (Phi) is 12.2. The number of nitrogens with two attached hydrogens (primary N) is 1. The Balaban J connectivity index is 0.000000180. The quantitative estimate of drug-likeness (QED) is 0.0810. The smallest absolute Gasteiger partial charge is 0.407 e. The molecule has 2 aliphatic carbocycles. The van der Waals surface area contributed by atoms with Crippen LogP contribution in [0, 0.1) is 27.7 Å². The molecule has 7 N–H and O–H groups in total. The molecule has 4 heterocycles. The topological polar surface area (TPSA) is 197 Å². The summed E-state index contributed by atoms with van der Waals surface area (Å²) in [4.78, 5) is 31.2. The molecule has 4 aromatic heterocycles. The van der Waals surface area contributed by atoms with Crippen LogP contribution < -0.4 is 21.7 Å². The molecule has 2 saturated carbocycles. The summed E-state index contributed by atoms with van der Waals surface area (Å²) in [7, 11) is 0. The van der Waals surface area contributed by atoms with Crippen LogP contribution in [-0.4, -0.2) is 69.6 Å². The van der Waals surface area contributed by atoms with E-state index < -0.39 is 6.09 Å². The molecule has 0 radical (unpaired) electrons. The number of amides is 1. The van der Waals surface area contributed by atoms with Crippen molar-refractivity contribution < 1.29 is 9.53 Å². The molecule has 0 bridgehead atoms. The third-order valence-corrected chi connectivity index (χ3v) is 12.3. The number of ether oxygens (including phenoxy) is 1. The second-order valence-electron chi connectivity index (χ2n) is 17.9. The maximum Gasteiger partial charge on any atom is 0.407 e. The first-order valence-corrected chi connectivity index (χ1v) is 21.7. The van der Waals surface area contributed by atoms with Crippen LogP contribution in [0.2, 0.25) is 0 Å². The van der Waals surface area contributed by atoms with E-state index in [-0.39, 0.29) is 23.7 Å². The van der Waals surface area contributed by atoms with E-state index in [1.54, 1.807) is 0 Å². The number of fused-ring (bicyclic) bond motifs is 2. The van der Waals surface area contributed by atoms with Crippen molar-refractivity contribution in [1.29, 1.82) is 0 Å². The number of carbonyl (C=O) groups is 1. The number of anilines is 2.